The summed E-state index contributed by atoms with van der Waals surface area (Å²) in [5, 5.41) is 18.3. The van der Waals surface area contributed by atoms with Crippen molar-refractivity contribution in [2.45, 2.75) is 58.0 Å². The fraction of sp³-hybridized carbons (Fsp3) is 0.909. The van der Waals surface area contributed by atoms with Gasteiger partial charge in [-0.15, -0.1) is 0 Å². The van der Waals surface area contributed by atoms with Gasteiger partial charge in [-0.3, -0.25) is 0 Å². The molecule has 1 atom stereocenters. The molecule has 1 N–H and O–H groups in total. The summed E-state index contributed by atoms with van der Waals surface area (Å²) >= 11 is 0. The van der Waals surface area contributed by atoms with Gasteiger partial charge in [0.2, 0.25) is 0 Å². The summed E-state index contributed by atoms with van der Waals surface area (Å²) < 4.78 is 0. The van der Waals surface area contributed by atoms with Crippen LogP contribution in [0.25, 0.3) is 0 Å². The Labute approximate surface area is 80.6 Å². The highest BCUT2D eigenvalue weighted by molar-refractivity contribution is 5.00. The minimum atomic E-state index is -0.257. The molecule has 13 heavy (non-hydrogen) atoms. The lowest BCUT2D eigenvalue weighted by molar-refractivity contribution is 0.149. The molecule has 2 heteroatoms. The molecule has 1 unspecified atom stereocenters. The minimum absolute atomic E-state index is 0.102. The van der Waals surface area contributed by atoms with E-state index in [0.29, 0.717) is 0 Å². The summed E-state index contributed by atoms with van der Waals surface area (Å²) in [6.45, 7) is 1.80. The first-order valence-corrected chi connectivity index (χ1v) is 5.28. The number of aliphatic hydroxyl groups is 1. The molecule has 2 nitrogen and oxygen atoms in total. The molecule has 0 aromatic rings. The first kappa shape index (κ1) is 10.5. The van der Waals surface area contributed by atoms with E-state index in [9.17, 15) is 5.11 Å². The average molecular weight is 181 g/mol. The van der Waals surface area contributed by atoms with Gasteiger partial charge in [-0.2, -0.15) is 5.26 Å². The molecule has 74 valence electrons. The van der Waals surface area contributed by atoms with Crippen molar-refractivity contribution in [2.75, 3.05) is 0 Å². The lowest BCUT2D eigenvalue weighted by Crippen LogP contribution is -2.23. The standard InChI is InChI=1S/C11H19NO/c1-10(13)5-8-11(9-12)6-3-2-4-7-11/h10,13H,2-8H2,1H3. The van der Waals surface area contributed by atoms with Crippen LogP contribution in [-0.2, 0) is 0 Å². The van der Waals surface area contributed by atoms with Crippen LogP contribution < -0.4 is 0 Å². The largest absolute Gasteiger partial charge is 0.393 e. The third-order valence-electron chi connectivity index (χ3n) is 3.09. The second kappa shape index (κ2) is 4.62. The molecule has 1 rings (SSSR count). The van der Waals surface area contributed by atoms with E-state index >= 15 is 0 Å². The maximum Gasteiger partial charge on any atom is 0.0689 e. The smallest absolute Gasteiger partial charge is 0.0689 e. The third kappa shape index (κ3) is 3.00. The van der Waals surface area contributed by atoms with Crippen molar-refractivity contribution < 1.29 is 5.11 Å². The topological polar surface area (TPSA) is 44.0 Å². The number of aliphatic hydroxyl groups excluding tert-OH is 1. The van der Waals surface area contributed by atoms with Crippen LogP contribution in [0.1, 0.15) is 51.9 Å². The molecule has 0 aromatic carbocycles. The molecule has 0 radical (unpaired) electrons. The fourth-order valence-corrected chi connectivity index (χ4v) is 2.13. The van der Waals surface area contributed by atoms with Gasteiger partial charge in [0.05, 0.1) is 17.6 Å². The maximum absolute atomic E-state index is 9.18. The highest BCUT2D eigenvalue weighted by Crippen LogP contribution is 2.39. The summed E-state index contributed by atoms with van der Waals surface area (Å²) in [7, 11) is 0. The van der Waals surface area contributed by atoms with E-state index in [4.69, 9.17) is 5.26 Å². The molecule has 0 heterocycles. The van der Waals surface area contributed by atoms with Crippen LogP contribution in [0.4, 0.5) is 0 Å². The lowest BCUT2D eigenvalue weighted by Gasteiger charge is -2.30. The normalized spacial score (nSPS) is 23.5. The molecule has 0 amide bonds. The number of hydrogen-bond donors (Lipinski definition) is 1. The van der Waals surface area contributed by atoms with Crippen molar-refractivity contribution in [3.8, 4) is 6.07 Å². The molecular weight excluding hydrogens is 162 g/mol. The van der Waals surface area contributed by atoms with Gasteiger partial charge in [0, 0.05) is 0 Å². The predicted molar refractivity (Wildman–Crippen MR) is 52.0 cm³/mol. The van der Waals surface area contributed by atoms with Gasteiger partial charge in [-0.1, -0.05) is 19.3 Å². The van der Waals surface area contributed by atoms with Crippen LogP contribution in [0.5, 0.6) is 0 Å². The molecule has 1 saturated carbocycles. The summed E-state index contributed by atoms with van der Waals surface area (Å²) in [6, 6.07) is 2.46. The zero-order chi connectivity index (χ0) is 9.73. The first-order valence-electron chi connectivity index (χ1n) is 5.28. The molecule has 1 fully saturated rings. The van der Waals surface area contributed by atoms with Crippen molar-refractivity contribution in [2.24, 2.45) is 5.41 Å². The van der Waals surface area contributed by atoms with Crippen LogP contribution in [0, 0.1) is 16.7 Å². The molecule has 0 saturated heterocycles. The molecule has 0 spiro atoms. The summed E-state index contributed by atoms with van der Waals surface area (Å²) in [5.74, 6) is 0. The van der Waals surface area contributed by atoms with Crippen LogP contribution in [0.2, 0.25) is 0 Å². The molecule has 1 aliphatic rings. The van der Waals surface area contributed by atoms with Crippen LogP contribution in [0.15, 0.2) is 0 Å². The number of nitrogens with zero attached hydrogens (tertiary/aromatic N) is 1. The second-order valence-electron chi connectivity index (χ2n) is 4.34. The molecule has 0 bridgehead atoms. The summed E-state index contributed by atoms with van der Waals surface area (Å²) in [6.07, 6.45) is 7.12. The molecule has 0 aliphatic heterocycles. The SMILES string of the molecule is CC(O)CCC1(C#N)CCCCC1. The van der Waals surface area contributed by atoms with Crippen LogP contribution >= 0.6 is 0 Å². The van der Waals surface area contributed by atoms with E-state index in [1.807, 2.05) is 0 Å². The monoisotopic (exact) mass is 181 g/mol. The highest BCUT2D eigenvalue weighted by Gasteiger charge is 2.31. The number of rotatable bonds is 3. The van der Waals surface area contributed by atoms with Gasteiger partial charge in [0.1, 0.15) is 0 Å². The Hall–Kier alpha value is -0.550. The van der Waals surface area contributed by atoms with Crippen molar-refractivity contribution in [3.05, 3.63) is 0 Å². The maximum atomic E-state index is 9.18. The van der Waals surface area contributed by atoms with Gasteiger partial charge in [-0.25, -0.2) is 0 Å². The van der Waals surface area contributed by atoms with Gasteiger partial charge in [0.15, 0.2) is 0 Å². The van der Waals surface area contributed by atoms with Crippen molar-refractivity contribution >= 4 is 0 Å². The summed E-state index contributed by atoms with van der Waals surface area (Å²) in [4.78, 5) is 0. The van der Waals surface area contributed by atoms with Gasteiger partial charge < -0.3 is 5.11 Å². The Morgan fingerprint density at radius 2 is 2.00 bits per heavy atom. The van der Waals surface area contributed by atoms with Crippen molar-refractivity contribution in [3.63, 3.8) is 0 Å². The Morgan fingerprint density at radius 3 is 2.46 bits per heavy atom. The zero-order valence-electron chi connectivity index (χ0n) is 8.42. The van der Waals surface area contributed by atoms with E-state index in [0.717, 1.165) is 25.7 Å². The molecule has 1 aliphatic carbocycles. The Morgan fingerprint density at radius 1 is 1.38 bits per heavy atom. The molecule has 0 aromatic heterocycles. The number of hydrogen-bond acceptors (Lipinski definition) is 2. The summed E-state index contributed by atoms with van der Waals surface area (Å²) in [5.41, 5.74) is -0.102. The second-order valence-corrected chi connectivity index (χ2v) is 4.34. The Balaban J connectivity index is 2.44. The quantitative estimate of drug-likeness (QED) is 0.727. The van der Waals surface area contributed by atoms with Gasteiger partial charge in [0.25, 0.3) is 0 Å². The van der Waals surface area contributed by atoms with E-state index in [1.54, 1.807) is 6.92 Å². The highest BCUT2D eigenvalue weighted by atomic mass is 16.3. The molecular formula is C11H19NO. The van der Waals surface area contributed by atoms with E-state index in [-0.39, 0.29) is 11.5 Å². The van der Waals surface area contributed by atoms with Crippen molar-refractivity contribution in [1.29, 1.82) is 5.26 Å². The van der Waals surface area contributed by atoms with Gasteiger partial charge >= 0.3 is 0 Å². The third-order valence-corrected chi connectivity index (χ3v) is 3.09. The lowest BCUT2D eigenvalue weighted by atomic mass is 9.72. The van der Waals surface area contributed by atoms with Crippen LogP contribution in [0.3, 0.4) is 0 Å². The first-order chi connectivity index (χ1) is 6.18. The Bertz CT molecular complexity index is 187. The van der Waals surface area contributed by atoms with E-state index in [1.165, 1.54) is 19.3 Å². The van der Waals surface area contributed by atoms with E-state index < -0.39 is 0 Å². The van der Waals surface area contributed by atoms with E-state index in [2.05, 4.69) is 6.07 Å². The fourth-order valence-electron chi connectivity index (χ4n) is 2.13. The predicted octanol–water partition coefficient (Wildman–Crippen LogP) is 2.62. The van der Waals surface area contributed by atoms with Crippen molar-refractivity contribution in [1.82, 2.24) is 0 Å². The zero-order valence-corrected chi connectivity index (χ0v) is 8.42. The number of nitriles is 1. The Kier molecular flexibility index (Phi) is 3.74. The minimum Gasteiger partial charge on any atom is -0.393 e. The van der Waals surface area contributed by atoms with Gasteiger partial charge in [-0.05, 0) is 32.6 Å². The van der Waals surface area contributed by atoms with Crippen LogP contribution in [-0.4, -0.2) is 11.2 Å². The average Bonchev–Trinajstić information content (AvgIpc) is 2.16.